The van der Waals surface area contributed by atoms with Crippen molar-refractivity contribution in [2.75, 3.05) is 6.54 Å². The number of rotatable bonds is 4. The zero-order chi connectivity index (χ0) is 11.3. The zero-order valence-corrected chi connectivity index (χ0v) is 9.14. The van der Waals surface area contributed by atoms with E-state index >= 15 is 0 Å². The average molecular weight is 209 g/mol. The van der Waals surface area contributed by atoms with Gasteiger partial charge in [-0.2, -0.15) is 0 Å². The smallest absolute Gasteiger partial charge is 0.219 e. The number of amides is 1. The normalized spacial score (nSPS) is 10.1. The van der Waals surface area contributed by atoms with E-state index < -0.39 is 0 Å². The highest BCUT2D eigenvalue weighted by atomic mass is 19.1. The molecule has 0 radical (unpaired) electrons. The van der Waals surface area contributed by atoms with Crippen molar-refractivity contribution in [3.63, 3.8) is 0 Å². The molecule has 0 spiro atoms. The standard InChI is InChI=1S/C12H16FNO/c1-3-12(15)14-7-6-10-4-5-11(13)9(2)8-10/h4-5,8H,3,6-7H2,1-2H3,(H,14,15). The van der Waals surface area contributed by atoms with Gasteiger partial charge in [0.1, 0.15) is 5.82 Å². The van der Waals surface area contributed by atoms with Crippen molar-refractivity contribution < 1.29 is 9.18 Å². The van der Waals surface area contributed by atoms with Crippen LogP contribution in [0.25, 0.3) is 0 Å². The fourth-order valence-corrected chi connectivity index (χ4v) is 1.33. The second-order valence-electron chi connectivity index (χ2n) is 3.54. The molecule has 0 aliphatic carbocycles. The number of halogens is 1. The van der Waals surface area contributed by atoms with Crippen LogP contribution in [0.4, 0.5) is 4.39 Å². The van der Waals surface area contributed by atoms with E-state index in [1.165, 1.54) is 6.07 Å². The Labute approximate surface area is 89.5 Å². The minimum atomic E-state index is -0.184. The van der Waals surface area contributed by atoms with E-state index in [1.54, 1.807) is 13.0 Å². The summed E-state index contributed by atoms with van der Waals surface area (Å²) in [5.74, 6) is -0.134. The lowest BCUT2D eigenvalue weighted by Gasteiger charge is -2.05. The van der Waals surface area contributed by atoms with Gasteiger partial charge in [-0.3, -0.25) is 4.79 Å². The molecular weight excluding hydrogens is 193 g/mol. The Balaban J connectivity index is 2.44. The van der Waals surface area contributed by atoms with Crippen LogP contribution in [-0.2, 0) is 11.2 Å². The Morgan fingerprint density at radius 1 is 1.47 bits per heavy atom. The minimum absolute atomic E-state index is 0.0498. The summed E-state index contributed by atoms with van der Waals surface area (Å²) in [6.45, 7) is 4.17. The molecule has 0 aromatic heterocycles. The maximum absolute atomic E-state index is 12.9. The Morgan fingerprint density at radius 3 is 2.80 bits per heavy atom. The highest BCUT2D eigenvalue weighted by molar-refractivity contribution is 5.75. The molecule has 0 heterocycles. The first-order chi connectivity index (χ1) is 7.13. The number of carbonyl (C=O) groups is 1. The molecule has 0 fully saturated rings. The summed E-state index contributed by atoms with van der Waals surface area (Å²) in [6, 6.07) is 5.03. The Morgan fingerprint density at radius 2 is 2.20 bits per heavy atom. The molecule has 3 heteroatoms. The lowest BCUT2D eigenvalue weighted by molar-refractivity contribution is -0.120. The Hall–Kier alpha value is -1.38. The first-order valence-corrected chi connectivity index (χ1v) is 5.15. The monoisotopic (exact) mass is 209 g/mol. The van der Waals surface area contributed by atoms with Crippen molar-refractivity contribution in [3.05, 3.63) is 35.1 Å². The van der Waals surface area contributed by atoms with Crippen LogP contribution in [-0.4, -0.2) is 12.5 Å². The molecule has 1 rings (SSSR count). The lowest BCUT2D eigenvalue weighted by Crippen LogP contribution is -2.24. The van der Waals surface area contributed by atoms with Crippen LogP contribution >= 0.6 is 0 Å². The SMILES string of the molecule is CCC(=O)NCCc1ccc(F)c(C)c1. The van der Waals surface area contributed by atoms with Crippen molar-refractivity contribution in [3.8, 4) is 0 Å². The lowest BCUT2D eigenvalue weighted by atomic mass is 10.1. The van der Waals surface area contributed by atoms with E-state index in [1.807, 2.05) is 13.0 Å². The van der Waals surface area contributed by atoms with Gasteiger partial charge in [0.2, 0.25) is 5.91 Å². The fraction of sp³-hybridized carbons (Fsp3) is 0.417. The summed E-state index contributed by atoms with van der Waals surface area (Å²) >= 11 is 0. The van der Waals surface area contributed by atoms with Gasteiger partial charge in [-0.15, -0.1) is 0 Å². The molecule has 0 aliphatic heterocycles. The molecule has 1 N–H and O–H groups in total. The summed E-state index contributed by atoms with van der Waals surface area (Å²) in [6.07, 6.45) is 1.25. The third-order valence-electron chi connectivity index (χ3n) is 2.28. The molecule has 0 unspecified atom stereocenters. The first-order valence-electron chi connectivity index (χ1n) is 5.15. The molecule has 0 atom stereocenters. The molecule has 1 aromatic rings. The molecule has 15 heavy (non-hydrogen) atoms. The number of hydrogen-bond donors (Lipinski definition) is 1. The summed E-state index contributed by atoms with van der Waals surface area (Å²) in [5, 5.41) is 2.78. The van der Waals surface area contributed by atoms with Gasteiger partial charge in [-0.25, -0.2) is 4.39 Å². The first kappa shape index (κ1) is 11.7. The third kappa shape index (κ3) is 3.70. The third-order valence-corrected chi connectivity index (χ3v) is 2.28. The number of nitrogens with one attached hydrogen (secondary N) is 1. The molecule has 0 aliphatic rings. The van der Waals surface area contributed by atoms with Crippen LogP contribution in [0.1, 0.15) is 24.5 Å². The topological polar surface area (TPSA) is 29.1 Å². The van der Waals surface area contributed by atoms with Crippen LogP contribution in [0.5, 0.6) is 0 Å². The van der Waals surface area contributed by atoms with Crippen LogP contribution in [0.15, 0.2) is 18.2 Å². The van der Waals surface area contributed by atoms with Crippen LogP contribution in [0.2, 0.25) is 0 Å². The maximum Gasteiger partial charge on any atom is 0.219 e. The van der Waals surface area contributed by atoms with E-state index in [9.17, 15) is 9.18 Å². The molecule has 1 aromatic carbocycles. The second-order valence-corrected chi connectivity index (χ2v) is 3.54. The van der Waals surface area contributed by atoms with Crippen molar-refractivity contribution in [1.29, 1.82) is 0 Å². The fourth-order valence-electron chi connectivity index (χ4n) is 1.33. The van der Waals surface area contributed by atoms with Gasteiger partial charge >= 0.3 is 0 Å². The van der Waals surface area contributed by atoms with Crippen molar-refractivity contribution in [2.24, 2.45) is 0 Å². The van der Waals surface area contributed by atoms with Crippen LogP contribution < -0.4 is 5.32 Å². The largest absolute Gasteiger partial charge is 0.356 e. The molecule has 0 bridgehead atoms. The summed E-state index contributed by atoms with van der Waals surface area (Å²) in [5.41, 5.74) is 1.69. The van der Waals surface area contributed by atoms with Gasteiger partial charge in [0.25, 0.3) is 0 Å². The number of aryl methyl sites for hydroxylation is 1. The van der Waals surface area contributed by atoms with Gasteiger partial charge in [0.05, 0.1) is 0 Å². The Bertz CT molecular complexity index is 349. The molecule has 0 saturated carbocycles. The van der Waals surface area contributed by atoms with E-state index in [-0.39, 0.29) is 11.7 Å². The maximum atomic E-state index is 12.9. The van der Waals surface area contributed by atoms with E-state index in [4.69, 9.17) is 0 Å². The van der Waals surface area contributed by atoms with E-state index in [0.717, 1.165) is 12.0 Å². The quantitative estimate of drug-likeness (QED) is 0.809. The van der Waals surface area contributed by atoms with E-state index in [2.05, 4.69) is 5.32 Å². The summed E-state index contributed by atoms with van der Waals surface area (Å²) in [7, 11) is 0. The van der Waals surface area contributed by atoms with Gasteiger partial charge in [-0.1, -0.05) is 19.1 Å². The van der Waals surface area contributed by atoms with Gasteiger partial charge in [0, 0.05) is 13.0 Å². The van der Waals surface area contributed by atoms with Crippen molar-refractivity contribution in [2.45, 2.75) is 26.7 Å². The number of hydrogen-bond acceptors (Lipinski definition) is 1. The summed E-state index contributed by atoms with van der Waals surface area (Å²) < 4.78 is 12.9. The predicted molar refractivity (Wildman–Crippen MR) is 58.1 cm³/mol. The van der Waals surface area contributed by atoms with Crippen molar-refractivity contribution in [1.82, 2.24) is 5.32 Å². The number of carbonyl (C=O) groups excluding carboxylic acids is 1. The van der Waals surface area contributed by atoms with E-state index in [0.29, 0.717) is 18.5 Å². The highest BCUT2D eigenvalue weighted by Gasteiger charge is 2.00. The molecule has 82 valence electrons. The molecular formula is C12H16FNO. The average Bonchev–Trinajstić information content (AvgIpc) is 2.23. The van der Waals surface area contributed by atoms with Gasteiger partial charge in [0.15, 0.2) is 0 Å². The summed E-state index contributed by atoms with van der Waals surface area (Å²) in [4.78, 5) is 11.0. The minimum Gasteiger partial charge on any atom is -0.356 e. The van der Waals surface area contributed by atoms with Gasteiger partial charge < -0.3 is 5.32 Å². The molecule has 2 nitrogen and oxygen atoms in total. The van der Waals surface area contributed by atoms with Crippen LogP contribution in [0, 0.1) is 12.7 Å². The molecule has 1 amide bonds. The highest BCUT2D eigenvalue weighted by Crippen LogP contribution is 2.09. The number of benzene rings is 1. The van der Waals surface area contributed by atoms with Gasteiger partial charge in [-0.05, 0) is 30.5 Å². The van der Waals surface area contributed by atoms with Crippen LogP contribution in [0.3, 0.4) is 0 Å². The molecule has 0 saturated heterocycles. The predicted octanol–water partition coefficient (Wildman–Crippen LogP) is 2.20. The van der Waals surface area contributed by atoms with Crippen molar-refractivity contribution >= 4 is 5.91 Å². The second kappa shape index (κ2) is 5.49. The Kier molecular flexibility index (Phi) is 4.28. The zero-order valence-electron chi connectivity index (χ0n) is 9.14.